The van der Waals surface area contributed by atoms with Crippen molar-refractivity contribution in [1.29, 1.82) is 0 Å². The van der Waals surface area contributed by atoms with E-state index in [0.717, 1.165) is 12.1 Å². The number of carbonyl (C=O) groups excluding carboxylic acids is 1. The van der Waals surface area contributed by atoms with Crippen LogP contribution in [-0.2, 0) is 9.53 Å². The Morgan fingerprint density at radius 1 is 1.42 bits per heavy atom. The molecule has 3 nitrogen and oxygen atoms in total. The van der Waals surface area contributed by atoms with Crippen LogP contribution in [0, 0.1) is 12.3 Å². The molecule has 0 heterocycles. The molecule has 1 aromatic carbocycles. The highest BCUT2D eigenvalue weighted by atomic mass is 16.5. The van der Waals surface area contributed by atoms with Gasteiger partial charge in [-0.15, -0.1) is 12.3 Å². The van der Waals surface area contributed by atoms with Gasteiger partial charge in [-0.1, -0.05) is 37.3 Å². The number of carbonyl (C=O) groups is 1. The lowest BCUT2D eigenvalue weighted by atomic mass is 10.1. The first-order valence-electron chi connectivity index (χ1n) is 6.56. The van der Waals surface area contributed by atoms with E-state index in [-0.39, 0.29) is 12.0 Å². The molecule has 0 fully saturated rings. The van der Waals surface area contributed by atoms with E-state index in [1.807, 2.05) is 49.2 Å². The van der Waals surface area contributed by atoms with Gasteiger partial charge in [0.25, 0.3) is 0 Å². The van der Waals surface area contributed by atoms with Gasteiger partial charge >= 0.3 is 5.97 Å². The lowest BCUT2D eigenvalue weighted by molar-refractivity contribution is -0.149. The van der Waals surface area contributed by atoms with Crippen molar-refractivity contribution in [2.24, 2.45) is 0 Å². The predicted octanol–water partition coefficient (Wildman–Crippen LogP) is 2.64. The van der Waals surface area contributed by atoms with Crippen molar-refractivity contribution in [2.75, 3.05) is 20.2 Å². The molecule has 0 aliphatic rings. The molecule has 1 rings (SSSR count). The summed E-state index contributed by atoms with van der Waals surface area (Å²) in [6, 6.07) is 9.33. The summed E-state index contributed by atoms with van der Waals surface area (Å²) < 4.78 is 5.31. The molecule has 0 bridgehead atoms. The van der Waals surface area contributed by atoms with Crippen LogP contribution < -0.4 is 0 Å². The second kappa shape index (κ2) is 8.34. The molecule has 0 N–H and O–H groups in total. The zero-order valence-corrected chi connectivity index (χ0v) is 11.6. The summed E-state index contributed by atoms with van der Waals surface area (Å²) in [6.07, 6.45) is 6.51. The van der Waals surface area contributed by atoms with Crippen molar-refractivity contribution in [3.05, 3.63) is 35.9 Å². The maximum Gasteiger partial charge on any atom is 0.327 e. The fraction of sp³-hybridized carbons (Fsp3) is 0.438. The first-order chi connectivity index (χ1) is 9.20. The lowest BCUT2D eigenvalue weighted by Gasteiger charge is -2.25. The Balaban J connectivity index is 2.70. The van der Waals surface area contributed by atoms with E-state index in [1.165, 1.54) is 0 Å². The van der Waals surface area contributed by atoms with Crippen molar-refractivity contribution in [3.8, 4) is 12.3 Å². The van der Waals surface area contributed by atoms with Crippen LogP contribution in [0.3, 0.4) is 0 Å². The van der Waals surface area contributed by atoms with Crippen molar-refractivity contribution < 1.29 is 9.53 Å². The minimum atomic E-state index is -0.350. The van der Waals surface area contributed by atoms with Gasteiger partial charge in [-0.25, -0.2) is 4.79 Å². The number of hydrogen-bond acceptors (Lipinski definition) is 3. The Bertz CT molecular complexity index is 422. The van der Waals surface area contributed by atoms with E-state index >= 15 is 0 Å². The average Bonchev–Trinajstić information content (AvgIpc) is 2.45. The van der Waals surface area contributed by atoms with Gasteiger partial charge in [0.2, 0.25) is 0 Å². The van der Waals surface area contributed by atoms with Gasteiger partial charge in [0, 0.05) is 6.42 Å². The van der Waals surface area contributed by atoms with E-state index in [2.05, 4.69) is 5.92 Å². The van der Waals surface area contributed by atoms with Gasteiger partial charge in [-0.05, 0) is 25.6 Å². The third-order valence-electron chi connectivity index (χ3n) is 2.99. The van der Waals surface area contributed by atoms with Crippen LogP contribution in [0.25, 0.3) is 0 Å². The molecule has 0 saturated carbocycles. The normalized spacial score (nSPS) is 11.9. The third-order valence-corrected chi connectivity index (χ3v) is 2.99. The zero-order valence-electron chi connectivity index (χ0n) is 11.6. The number of terminal acetylenes is 1. The molecule has 1 aromatic rings. The Morgan fingerprint density at radius 2 is 2.11 bits per heavy atom. The molecule has 102 valence electrons. The van der Waals surface area contributed by atoms with Crippen LogP contribution in [0.2, 0.25) is 0 Å². The number of unbranched alkanes of at least 4 members (excludes halogenated alkanes) is 1. The maximum absolute atomic E-state index is 12.2. The number of rotatable bonds is 7. The molecule has 0 aromatic heterocycles. The highest BCUT2D eigenvalue weighted by Crippen LogP contribution is 2.20. The van der Waals surface area contributed by atoms with E-state index < -0.39 is 0 Å². The lowest BCUT2D eigenvalue weighted by Crippen LogP contribution is -2.32. The van der Waals surface area contributed by atoms with Crippen LogP contribution in [0.4, 0.5) is 0 Å². The van der Waals surface area contributed by atoms with Gasteiger partial charge in [0.1, 0.15) is 6.04 Å². The Hall–Kier alpha value is -1.79. The molecule has 1 atom stereocenters. The molecule has 0 saturated heterocycles. The summed E-state index contributed by atoms with van der Waals surface area (Å²) in [6.45, 7) is 3.17. The van der Waals surface area contributed by atoms with E-state index in [1.54, 1.807) is 0 Å². The largest absolute Gasteiger partial charge is 0.464 e. The number of hydrogen-bond donors (Lipinski definition) is 0. The van der Waals surface area contributed by atoms with Crippen LogP contribution in [0.1, 0.15) is 31.4 Å². The standard InChI is InChI=1S/C16H21NO2/c1-4-6-10-13-19-16(18)15(17(3)5-2)14-11-8-7-9-12-14/h1,7-9,11-12,15H,5-6,10,13H2,2-3H3/t15-/m0/s1. The van der Waals surface area contributed by atoms with E-state index in [4.69, 9.17) is 11.2 Å². The monoisotopic (exact) mass is 259 g/mol. The van der Waals surface area contributed by atoms with Crippen molar-refractivity contribution >= 4 is 5.97 Å². The maximum atomic E-state index is 12.2. The summed E-state index contributed by atoms with van der Waals surface area (Å²) in [5.41, 5.74) is 0.953. The third kappa shape index (κ3) is 4.76. The Labute approximate surface area is 115 Å². The van der Waals surface area contributed by atoms with Gasteiger partial charge in [0.05, 0.1) is 6.61 Å². The number of likely N-dealkylation sites (N-methyl/N-ethyl adjacent to an activating group) is 1. The minimum absolute atomic E-state index is 0.215. The van der Waals surface area contributed by atoms with Crippen molar-refractivity contribution in [2.45, 2.75) is 25.8 Å². The van der Waals surface area contributed by atoms with Crippen LogP contribution >= 0.6 is 0 Å². The molecular weight excluding hydrogens is 238 g/mol. The summed E-state index contributed by atoms with van der Waals surface area (Å²) in [5, 5.41) is 0. The molecule has 0 amide bonds. The molecule has 0 spiro atoms. The van der Waals surface area contributed by atoms with Gasteiger partial charge in [-0.2, -0.15) is 0 Å². The van der Waals surface area contributed by atoms with Crippen molar-refractivity contribution in [3.63, 3.8) is 0 Å². The first-order valence-corrected chi connectivity index (χ1v) is 6.56. The minimum Gasteiger partial charge on any atom is -0.464 e. The highest BCUT2D eigenvalue weighted by Gasteiger charge is 2.25. The second-order valence-electron chi connectivity index (χ2n) is 4.36. The number of nitrogens with zero attached hydrogens (tertiary/aromatic N) is 1. The summed E-state index contributed by atoms with van der Waals surface area (Å²) in [4.78, 5) is 14.2. The highest BCUT2D eigenvalue weighted by molar-refractivity contribution is 5.77. The number of benzene rings is 1. The molecule has 0 aliphatic heterocycles. The summed E-state index contributed by atoms with van der Waals surface area (Å²) in [7, 11) is 1.92. The average molecular weight is 259 g/mol. The number of esters is 1. The molecular formula is C16H21NO2. The van der Waals surface area contributed by atoms with Crippen molar-refractivity contribution in [1.82, 2.24) is 4.90 Å². The van der Waals surface area contributed by atoms with E-state index in [0.29, 0.717) is 19.4 Å². The quantitative estimate of drug-likeness (QED) is 0.428. The fourth-order valence-corrected chi connectivity index (χ4v) is 1.81. The van der Waals surface area contributed by atoms with Gasteiger partial charge in [-0.3, -0.25) is 4.90 Å². The van der Waals surface area contributed by atoms with Crippen LogP contribution in [-0.4, -0.2) is 31.1 Å². The number of ether oxygens (including phenoxy) is 1. The molecule has 3 heteroatoms. The summed E-state index contributed by atoms with van der Waals surface area (Å²) >= 11 is 0. The van der Waals surface area contributed by atoms with Gasteiger partial charge in [0.15, 0.2) is 0 Å². The molecule has 0 unspecified atom stereocenters. The molecule has 19 heavy (non-hydrogen) atoms. The topological polar surface area (TPSA) is 29.5 Å². The fourth-order valence-electron chi connectivity index (χ4n) is 1.81. The summed E-state index contributed by atoms with van der Waals surface area (Å²) in [5.74, 6) is 2.32. The second-order valence-corrected chi connectivity index (χ2v) is 4.36. The van der Waals surface area contributed by atoms with Gasteiger partial charge < -0.3 is 4.74 Å². The van der Waals surface area contributed by atoms with E-state index in [9.17, 15) is 4.79 Å². The Kier molecular flexibility index (Phi) is 6.70. The first kappa shape index (κ1) is 15.3. The smallest absolute Gasteiger partial charge is 0.327 e. The SMILES string of the molecule is C#CCCCOC(=O)[C@H](c1ccccc1)N(C)CC. The molecule has 0 radical (unpaired) electrons. The molecule has 0 aliphatic carbocycles. The van der Waals surface area contributed by atoms with Crippen LogP contribution in [0.15, 0.2) is 30.3 Å². The van der Waals surface area contributed by atoms with Crippen LogP contribution in [0.5, 0.6) is 0 Å². The predicted molar refractivity (Wildman–Crippen MR) is 76.5 cm³/mol. The Morgan fingerprint density at radius 3 is 2.68 bits per heavy atom. The zero-order chi connectivity index (χ0) is 14.1.